The Morgan fingerprint density at radius 3 is 2.73 bits per heavy atom. The molecule has 1 saturated carbocycles. The van der Waals surface area contributed by atoms with Gasteiger partial charge < -0.3 is 0 Å². The lowest BCUT2D eigenvalue weighted by atomic mass is 10.3. The van der Waals surface area contributed by atoms with Gasteiger partial charge in [-0.1, -0.05) is 0 Å². The van der Waals surface area contributed by atoms with Gasteiger partial charge in [0.05, 0.1) is 5.69 Å². The molecule has 0 radical (unpaired) electrons. The molecule has 1 aromatic heterocycles. The molecular weight excluding hydrogens is 136 g/mol. The molecular formula is C9H14N2. The summed E-state index contributed by atoms with van der Waals surface area (Å²) in [4.78, 5) is 0. The third-order valence-electron chi connectivity index (χ3n) is 2.33. The highest BCUT2D eigenvalue weighted by Gasteiger charge is 2.21. The smallest absolute Gasteiger partial charge is 0.0622 e. The minimum atomic E-state index is 0.925. The second kappa shape index (κ2) is 2.36. The van der Waals surface area contributed by atoms with E-state index < -0.39 is 0 Å². The van der Waals surface area contributed by atoms with Crippen LogP contribution in [0.1, 0.15) is 24.1 Å². The quantitative estimate of drug-likeness (QED) is 0.629. The van der Waals surface area contributed by atoms with Crippen molar-refractivity contribution in [1.29, 1.82) is 0 Å². The second-order valence-electron chi connectivity index (χ2n) is 3.56. The Hall–Kier alpha value is -0.790. The minimum Gasteiger partial charge on any atom is -0.272 e. The average molecular weight is 150 g/mol. The van der Waals surface area contributed by atoms with Gasteiger partial charge in [0.15, 0.2) is 0 Å². The van der Waals surface area contributed by atoms with E-state index in [9.17, 15) is 0 Å². The molecule has 2 heteroatoms. The molecule has 11 heavy (non-hydrogen) atoms. The fraction of sp³-hybridized carbons (Fsp3) is 0.667. The molecule has 1 aromatic rings. The molecule has 0 bridgehead atoms. The third kappa shape index (κ3) is 1.44. The van der Waals surface area contributed by atoms with Crippen LogP contribution in [0.5, 0.6) is 0 Å². The van der Waals surface area contributed by atoms with E-state index in [1.807, 2.05) is 0 Å². The summed E-state index contributed by atoms with van der Waals surface area (Å²) < 4.78 is 2.09. The fourth-order valence-electron chi connectivity index (χ4n) is 1.28. The summed E-state index contributed by atoms with van der Waals surface area (Å²) in [5, 5.41) is 4.41. The highest BCUT2D eigenvalue weighted by Crippen LogP contribution is 2.30. The zero-order valence-corrected chi connectivity index (χ0v) is 7.17. The minimum absolute atomic E-state index is 0.925. The van der Waals surface area contributed by atoms with Crippen LogP contribution in [0.15, 0.2) is 6.20 Å². The summed E-state index contributed by atoms with van der Waals surface area (Å²) in [6, 6.07) is 0. The molecule has 0 saturated heterocycles. The van der Waals surface area contributed by atoms with Gasteiger partial charge in [0.2, 0.25) is 0 Å². The predicted molar refractivity (Wildman–Crippen MR) is 44.4 cm³/mol. The largest absolute Gasteiger partial charge is 0.272 e. The first kappa shape index (κ1) is 6.89. The summed E-state index contributed by atoms with van der Waals surface area (Å²) in [7, 11) is 0. The van der Waals surface area contributed by atoms with Crippen molar-refractivity contribution in [3.8, 4) is 0 Å². The Morgan fingerprint density at radius 1 is 1.55 bits per heavy atom. The summed E-state index contributed by atoms with van der Waals surface area (Å²) >= 11 is 0. The molecule has 0 N–H and O–H groups in total. The van der Waals surface area contributed by atoms with Gasteiger partial charge in [-0.25, -0.2) is 0 Å². The number of aromatic nitrogens is 2. The van der Waals surface area contributed by atoms with E-state index >= 15 is 0 Å². The van der Waals surface area contributed by atoms with Crippen LogP contribution in [-0.2, 0) is 6.54 Å². The second-order valence-corrected chi connectivity index (χ2v) is 3.56. The van der Waals surface area contributed by atoms with E-state index in [4.69, 9.17) is 0 Å². The Morgan fingerprint density at radius 2 is 2.27 bits per heavy atom. The van der Waals surface area contributed by atoms with Crippen molar-refractivity contribution >= 4 is 0 Å². The Labute approximate surface area is 67.2 Å². The molecule has 0 aliphatic heterocycles. The predicted octanol–water partition coefficient (Wildman–Crippen LogP) is 1.91. The first-order chi connectivity index (χ1) is 5.25. The van der Waals surface area contributed by atoms with Gasteiger partial charge in [-0.3, -0.25) is 4.68 Å². The van der Waals surface area contributed by atoms with Crippen LogP contribution in [0.25, 0.3) is 0 Å². The SMILES string of the molecule is Cc1cn(CC2CC2)nc1C. The van der Waals surface area contributed by atoms with Crippen LogP contribution < -0.4 is 0 Å². The molecule has 2 rings (SSSR count). The Balaban J connectivity index is 2.11. The van der Waals surface area contributed by atoms with Crippen LogP contribution in [0.4, 0.5) is 0 Å². The Kier molecular flexibility index (Phi) is 1.48. The molecule has 60 valence electrons. The maximum absolute atomic E-state index is 4.41. The van der Waals surface area contributed by atoms with E-state index in [0.717, 1.165) is 12.5 Å². The molecule has 1 heterocycles. The van der Waals surface area contributed by atoms with Gasteiger partial charge in [-0.2, -0.15) is 5.10 Å². The van der Waals surface area contributed by atoms with Gasteiger partial charge in [-0.05, 0) is 38.2 Å². The van der Waals surface area contributed by atoms with Gasteiger partial charge in [-0.15, -0.1) is 0 Å². The first-order valence-corrected chi connectivity index (χ1v) is 4.26. The summed E-state index contributed by atoms with van der Waals surface area (Å²) in [5.74, 6) is 0.925. The topological polar surface area (TPSA) is 17.8 Å². The van der Waals surface area contributed by atoms with E-state index in [1.165, 1.54) is 24.1 Å². The van der Waals surface area contributed by atoms with Crippen molar-refractivity contribution < 1.29 is 0 Å². The maximum atomic E-state index is 4.41. The van der Waals surface area contributed by atoms with Crippen LogP contribution in [-0.4, -0.2) is 9.78 Å². The van der Waals surface area contributed by atoms with Crippen molar-refractivity contribution in [2.24, 2.45) is 5.92 Å². The normalized spacial score (nSPS) is 17.3. The molecule has 0 amide bonds. The zero-order chi connectivity index (χ0) is 7.84. The van der Waals surface area contributed by atoms with Gasteiger partial charge in [0.25, 0.3) is 0 Å². The number of hydrogen-bond donors (Lipinski definition) is 0. The van der Waals surface area contributed by atoms with E-state index in [0.29, 0.717) is 0 Å². The molecule has 0 spiro atoms. The summed E-state index contributed by atoms with van der Waals surface area (Å²) in [6.07, 6.45) is 4.95. The summed E-state index contributed by atoms with van der Waals surface area (Å²) in [5.41, 5.74) is 2.48. The van der Waals surface area contributed by atoms with Crippen molar-refractivity contribution in [3.05, 3.63) is 17.5 Å². The van der Waals surface area contributed by atoms with Gasteiger partial charge in [0, 0.05) is 12.7 Å². The number of hydrogen-bond acceptors (Lipinski definition) is 1. The standard InChI is InChI=1S/C9H14N2/c1-7-5-11(10-8(7)2)6-9-3-4-9/h5,9H,3-4,6H2,1-2H3. The van der Waals surface area contributed by atoms with E-state index in [2.05, 4.69) is 29.8 Å². The van der Waals surface area contributed by atoms with Gasteiger partial charge >= 0.3 is 0 Å². The maximum Gasteiger partial charge on any atom is 0.0622 e. The first-order valence-electron chi connectivity index (χ1n) is 4.26. The number of aryl methyl sites for hydroxylation is 2. The fourth-order valence-corrected chi connectivity index (χ4v) is 1.28. The molecule has 0 atom stereocenters. The van der Waals surface area contributed by atoms with Crippen molar-refractivity contribution in [2.75, 3.05) is 0 Å². The summed E-state index contributed by atoms with van der Waals surface area (Å²) in [6.45, 7) is 5.32. The van der Waals surface area contributed by atoms with Crippen LogP contribution in [0.2, 0.25) is 0 Å². The molecule has 0 aromatic carbocycles. The molecule has 0 unspecified atom stereocenters. The lowest BCUT2D eigenvalue weighted by Crippen LogP contribution is -1.99. The third-order valence-corrected chi connectivity index (χ3v) is 2.33. The van der Waals surface area contributed by atoms with Crippen LogP contribution in [0, 0.1) is 19.8 Å². The molecule has 1 aliphatic rings. The van der Waals surface area contributed by atoms with Crippen molar-refractivity contribution in [3.63, 3.8) is 0 Å². The highest BCUT2D eigenvalue weighted by molar-refractivity contribution is 5.12. The number of nitrogens with zero attached hydrogens (tertiary/aromatic N) is 2. The Bertz CT molecular complexity index is 239. The molecule has 1 fully saturated rings. The van der Waals surface area contributed by atoms with E-state index in [-0.39, 0.29) is 0 Å². The number of rotatable bonds is 2. The van der Waals surface area contributed by atoms with E-state index in [1.54, 1.807) is 0 Å². The lowest BCUT2D eigenvalue weighted by molar-refractivity contribution is 0.559. The lowest BCUT2D eigenvalue weighted by Gasteiger charge is -1.95. The molecule has 1 aliphatic carbocycles. The van der Waals surface area contributed by atoms with Crippen molar-refractivity contribution in [1.82, 2.24) is 9.78 Å². The monoisotopic (exact) mass is 150 g/mol. The van der Waals surface area contributed by atoms with Crippen molar-refractivity contribution in [2.45, 2.75) is 33.2 Å². The van der Waals surface area contributed by atoms with Crippen LogP contribution >= 0.6 is 0 Å². The average Bonchev–Trinajstić information content (AvgIpc) is 2.65. The van der Waals surface area contributed by atoms with Crippen LogP contribution in [0.3, 0.4) is 0 Å². The molecule has 2 nitrogen and oxygen atoms in total. The van der Waals surface area contributed by atoms with Gasteiger partial charge in [0.1, 0.15) is 0 Å². The highest BCUT2D eigenvalue weighted by atomic mass is 15.3. The zero-order valence-electron chi connectivity index (χ0n) is 7.17.